The van der Waals surface area contributed by atoms with E-state index in [1.165, 1.54) is 9.52 Å². The van der Waals surface area contributed by atoms with E-state index in [-0.39, 0.29) is 0 Å². The zero-order valence-corrected chi connectivity index (χ0v) is 7.65. The van der Waals surface area contributed by atoms with E-state index in [0.29, 0.717) is 0 Å². The summed E-state index contributed by atoms with van der Waals surface area (Å²) in [5.41, 5.74) is 1.34. The molecule has 0 aliphatic heterocycles. The summed E-state index contributed by atoms with van der Waals surface area (Å²) in [4.78, 5) is 0. The second kappa shape index (κ2) is 2.46. The number of rotatable bonds is 0. The molecule has 0 radical (unpaired) electrons. The molecule has 1 rings (SSSR count). The van der Waals surface area contributed by atoms with Crippen LogP contribution in [0.4, 0.5) is 0 Å². The Bertz CT molecular complexity index is 143. The fourth-order valence-corrected chi connectivity index (χ4v) is 1.03. The maximum absolute atomic E-state index is 2.16. The van der Waals surface area contributed by atoms with Gasteiger partial charge in [0.25, 0.3) is 0 Å². The second-order valence-electron chi connectivity index (χ2n) is 1.81. The quantitative estimate of drug-likeness (QED) is 0.666. The van der Waals surface area contributed by atoms with Crippen molar-refractivity contribution >= 4 is 3.95 Å². The Morgan fingerprint density at radius 1 is 1.12 bits per heavy atom. The van der Waals surface area contributed by atoms with Crippen LogP contribution in [0.3, 0.4) is 0 Å². The van der Waals surface area contributed by atoms with Gasteiger partial charge in [-0.1, -0.05) is 0 Å². The summed E-state index contributed by atoms with van der Waals surface area (Å²) in [5.74, 6) is 0. The predicted molar refractivity (Wildman–Crippen MR) is 30.8 cm³/mol. The molecular weight excluding hydrogens is 268 g/mol. The van der Waals surface area contributed by atoms with E-state index in [4.69, 9.17) is 0 Å². The molecule has 0 bridgehead atoms. The number of hydrogen-bond donors (Lipinski definition) is 0. The van der Waals surface area contributed by atoms with Crippen molar-refractivity contribution in [3.05, 3.63) is 29.8 Å². The summed E-state index contributed by atoms with van der Waals surface area (Å²) in [6, 6.07) is 8.60. The summed E-state index contributed by atoms with van der Waals surface area (Å²) in [6.45, 7) is 2.11. The fraction of sp³-hybridized carbons (Fsp3) is 0.143. The summed E-state index contributed by atoms with van der Waals surface area (Å²) in [7, 11) is 0. The van der Waals surface area contributed by atoms with Crippen LogP contribution in [0, 0.1) is 6.92 Å². The Hall–Kier alpha value is -0.0917. The van der Waals surface area contributed by atoms with E-state index in [2.05, 4.69) is 31.2 Å². The van der Waals surface area contributed by atoms with Crippen LogP contribution in [-0.2, 0) is 19.8 Å². The van der Waals surface area contributed by atoms with Crippen molar-refractivity contribution in [1.82, 2.24) is 0 Å². The van der Waals surface area contributed by atoms with Gasteiger partial charge >= 0.3 is 60.5 Å². The van der Waals surface area contributed by atoms with Crippen molar-refractivity contribution in [1.29, 1.82) is 0 Å². The topological polar surface area (TPSA) is 0 Å². The first-order chi connectivity index (χ1) is 3.79. The number of benzene rings is 1. The van der Waals surface area contributed by atoms with Crippen molar-refractivity contribution in [3.8, 4) is 0 Å². The molecule has 1 heteroatoms. The van der Waals surface area contributed by atoms with E-state index < -0.39 is 0 Å². The molecule has 0 saturated carbocycles. The van der Waals surface area contributed by atoms with Crippen molar-refractivity contribution in [2.75, 3.05) is 0 Å². The normalized spacial score (nSPS) is 9.12. The van der Waals surface area contributed by atoms with Gasteiger partial charge < -0.3 is 0 Å². The van der Waals surface area contributed by atoms with Crippen LogP contribution in [0.2, 0.25) is 0 Å². The Kier molecular flexibility index (Phi) is 1.85. The zero-order chi connectivity index (χ0) is 5.98. The third-order valence-electron chi connectivity index (χ3n) is 1.02. The molecule has 0 aromatic heterocycles. The average molecular weight is 275 g/mol. The van der Waals surface area contributed by atoms with Crippen LogP contribution in [0.15, 0.2) is 24.3 Å². The van der Waals surface area contributed by atoms with Crippen molar-refractivity contribution < 1.29 is 19.8 Å². The number of hydrogen-bond acceptors (Lipinski definition) is 0. The summed E-state index contributed by atoms with van der Waals surface area (Å²) in [5, 5.41) is 0. The average Bonchev–Trinajstić information content (AvgIpc) is 1.77. The van der Waals surface area contributed by atoms with Crippen LogP contribution in [-0.4, -0.2) is 0 Å². The fourth-order valence-electron chi connectivity index (χ4n) is 0.538. The maximum atomic E-state index is 2.16. The van der Waals surface area contributed by atoms with Crippen LogP contribution < -0.4 is 3.95 Å². The van der Waals surface area contributed by atoms with Crippen LogP contribution in [0.25, 0.3) is 0 Å². The van der Waals surface area contributed by atoms with Gasteiger partial charge in [0.2, 0.25) is 0 Å². The van der Waals surface area contributed by atoms with E-state index in [9.17, 15) is 0 Å². The van der Waals surface area contributed by atoms with Crippen molar-refractivity contribution in [2.45, 2.75) is 6.92 Å². The van der Waals surface area contributed by atoms with Crippen molar-refractivity contribution in [3.63, 3.8) is 0 Å². The Balaban J connectivity index is 3.03. The molecule has 0 saturated heterocycles. The van der Waals surface area contributed by atoms with Gasteiger partial charge in [-0.15, -0.1) is 0 Å². The first-order valence-corrected chi connectivity index (χ1v) is 3.99. The molecule has 0 aliphatic rings. The predicted octanol–water partition coefficient (Wildman–Crippen LogP) is 1.17. The third-order valence-corrected chi connectivity index (χ3v) is 2.00. The molecule has 0 fully saturated rings. The van der Waals surface area contributed by atoms with Crippen molar-refractivity contribution in [2.24, 2.45) is 0 Å². The van der Waals surface area contributed by atoms with E-state index in [0.717, 1.165) is 0 Å². The van der Waals surface area contributed by atoms with Gasteiger partial charge in [0.05, 0.1) is 0 Å². The molecule has 0 nitrogen and oxygen atoms in total. The van der Waals surface area contributed by atoms with Gasteiger partial charge in [-0.2, -0.15) is 0 Å². The first kappa shape index (κ1) is 6.03. The third kappa shape index (κ3) is 1.45. The summed E-state index contributed by atoms with van der Waals surface area (Å²) >= 11 is 1.54. The molecule has 8 heavy (non-hydrogen) atoms. The molecule has 1 aromatic rings. The van der Waals surface area contributed by atoms with Crippen LogP contribution >= 0.6 is 0 Å². The van der Waals surface area contributed by atoms with E-state index in [1.54, 1.807) is 19.8 Å². The zero-order valence-electron chi connectivity index (χ0n) is 4.72. The summed E-state index contributed by atoms with van der Waals surface area (Å²) < 4.78 is 1.41. The van der Waals surface area contributed by atoms with Gasteiger partial charge in [0.1, 0.15) is 0 Å². The van der Waals surface area contributed by atoms with E-state index >= 15 is 0 Å². The minimum atomic E-state index is 1.34. The molecule has 0 spiro atoms. The Morgan fingerprint density at radius 3 is 2.00 bits per heavy atom. The van der Waals surface area contributed by atoms with Gasteiger partial charge in [-0.3, -0.25) is 0 Å². The summed E-state index contributed by atoms with van der Waals surface area (Å²) in [6.07, 6.45) is 0. The molecule has 41 valence electrons. The molecular formula is C7H7W. The molecule has 0 N–H and O–H groups in total. The Morgan fingerprint density at radius 2 is 1.62 bits per heavy atom. The van der Waals surface area contributed by atoms with Crippen LogP contribution in [0.5, 0.6) is 0 Å². The van der Waals surface area contributed by atoms with E-state index in [1.807, 2.05) is 0 Å². The SMILES string of the molecule is Cc1cc[c]([W])cc1. The van der Waals surface area contributed by atoms with Gasteiger partial charge in [-0.05, 0) is 0 Å². The molecule has 0 amide bonds. The monoisotopic (exact) mass is 275 g/mol. The van der Waals surface area contributed by atoms with Gasteiger partial charge in [-0.25, -0.2) is 0 Å². The van der Waals surface area contributed by atoms with Gasteiger partial charge in [0.15, 0.2) is 0 Å². The molecule has 0 atom stereocenters. The van der Waals surface area contributed by atoms with Crippen LogP contribution in [0.1, 0.15) is 5.56 Å². The Labute approximate surface area is 60.8 Å². The molecule has 0 heterocycles. The van der Waals surface area contributed by atoms with Gasteiger partial charge in [0, 0.05) is 0 Å². The molecule has 1 aromatic carbocycles. The standard InChI is InChI=1S/C7H7.W/c1-7-5-3-2-4-6-7;/h3-6H,1H3;. The number of aryl methyl sites for hydroxylation is 1. The first-order valence-electron chi connectivity index (χ1n) is 2.53. The second-order valence-corrected chi connectivity index (χ2v) is 3.51. The minimum absolute atomic E-state index is 1.34. The molecule has 0 unspecified atom stereocenters. The molecule has 0 aliphatic carbocycles.